The quantitative estimate of drug-likeness (QED) is 0.353. The summed E-state index contributed by atoms with van der Waals surface area (Å²) < 4.78 is 17.4. The van der Waals surface area contributed by atoms with Gasteiger partial charge in [0.25, 0.3) is 0 Å². The Morgan fingerprint density at radius 2 is 0.588 bits per heavy atom. The molecule has 0 aromatic heterocycles. The molecule has 3 saturated carbocycles. The monoisotopic (exact) mass is 534 g/mol. The molecule has 0 radical (unpaired) electrons. The minimum absolute atomic E-state index is 0.173. The Kier molecular flexibility index (Phi) is 12.9. The van der Waals surface area contributed by atoms with Crippen LogP contribution in [0.15, 0.2) is 0 Å². The van der Waals surface area contributed by atoms with Gasteiger partial charge in [0.2, 0.25) is 0 Å². The fourth-order valence-corrected chi connectivity index (χ4v) is 8.43. The van der Waals surface area contributed by atoms with Crippen LogP contribution in [-0.2, 0) is 25.0 Å². The van der Waals surface area contributed by atoms with Crippen LogP contribution in [0, 0.1) is 17.8 Å². The first-order chi connectivity index (χ1) is 16.6. The fourth-order valence-electron chi connectivity index (χ4n) is 5.72. The predicted octanol–water partition coefficient (Wildman–Crippen LogP) is 6.68. The van der Waals surface area contributed by atoms with Crippen LogP contribution in [0.1, 0.15) is 135 Å². The van der Waals surface area contributed by atoms with Crippen molar-refractivity contribution in [3.63, 3.8) is 0 Å². The van der Waals surface area contributed by atoms with Crippen LogP contribution in [0.3, 0.4) is 0 Å². The minimum atomic E-state index is -3.84. The van der Waals surface area contributed by atoms with Crippen LogP contribution in [0.4, 0.5) is 0 Å². The van der Waals surface area contributed by atoms with Crippen molar-refractivity contribution >= 4 is 35.2 Å². The molecule has 0 aromatic rings. The van der Waals surface area contributed by atoms with Crippen molar-refractivity contribution < 1.29 is 25.0 Å². The number of rotatable bonds is 6. The van der Waals surface area contributed by atoms with Gasteiger partial charge in [-0.1, -0.05) is 0 Å². The molecule has 0 amide bonds. The summed E-state index contributed by atoms with van der Waals surface area (Å²) in [6.07, 6.45) is 21.4. The Morgan fingerprint density at radius 1 is 0.382 bits per heavy atom. The second kappa shape index (κ2) is 15.9. The third-order valence-electron chi connectivity index (χ3n) is 7.95. The van der Waals surface area contributed by atoms with Crippen molar-refractivity contribution in [1.82, 2.24) is 0 Å². The van der Waals surface area contributed by atoms with Gasteiger partial charge in [0.05, 0.1) is 0 Å². The third-order valence-corrected chi connectivity index (χ3v) is 10.6. The standard InChI is InChI=1S/3C9H16O2.Ga/c3*10-9(11)8-6-4-2-1-3-5-7-8;/h3*8H,1-7H2,(H,10,11);/q;;;+3/p-3. The fraction of sp³-hybridized carbons (Fsp3) is 0.889. The molecule has 0 N–H and O–H groups in total. The van der Waals surface area contributed by atoms with Crippen molar-refractivity contribution in [2.24, 2.45) is 17.8 Å². The van der Waals surface area contributed by atoms with Crippen molar-refractivity contribution in [3.05, 3.63) is 0 Å². The molecule has 0 heterocycles. The van der Waals surface area contributed by atoms with Crippen LogP contribution in [0.5, 0.6) is 0 Å². The molecular weight excluding hydrogens is 490 g/mol. The summed E-state index contributed by atoms with van der Waals surface area (Å²) in [5.74, 6) is -1.47. The van der Waals surface area contributed by atoms with Gasteiger partial charge in [-0.25, -0.2) is 0 Å². The van der Waals surface area contributed by atoms with Gasteiger partial charge in [-0.05, 0) is 0 Å². The molecule has 3 rings (SSSR count). The average Bonchev–Trinajstić information content (AvgIpc) is 2.72. The summed E-state index contributed by atoms with van der Waals surface area (Å²) in [5, 5.41) is 0. The first-order valence-electron chi connectivity index (χ1n) is 14.2. The van der Waals surface area contributed by atoms with E-state index in [-0.39, 0.29) is 35.7 Å². The maximum atomic E-state index is 13.0. The third kappa shape index (κ3) is 9.96. The summed E-state index contributed by atoms with van der Waals surface area (Å²) in [6.45, 7) is 0. The summed E-state index contributed by atoms with van der Waals surface area (Å²) in [7, 11) is 0. The van der Waals surface area contributed by atoms with Gasteiger partial charge in [-0.2, -0.15) is 0 Å². The molecule has 192 valence electrons. The molecule has 7 heteroatoms. The number of hydrogen-bond acceptors (Lipinski definition) is 6. The molecule has 3 aliphatic rings. The second-order valence-corrected chi connectivity index (χ2v) is 13.4. The van der Waals surface area contributed by atoms with E-state index in [4.69, 9.17) is 10.6 Å². The average molecular weight is 535 g/mol. The Balaban J connectivity index is 1.63. The van der Waals surface area contributed by atoms with Gasteiger partial charge >= 0.3 is 213 Å². The first-order valence-corrected chi connectivity index (χ1v) is 17.2. The molecule has 34 heavy (non-hydrogen) atoms. The summed E-state index contributed by atoms with van der Waals surface area (Å²) >= 11 is -3.84. The SMILES string of the molecule is O=C([O][Ga]([O]C(=O)C1CCCCCCC1)[O]C(=O)C1CCCCCCC1)C1CCCCCCC1. The van der Waals surface area contributed by atoms with E-state index < -0.39 is 17.3 Å². The van der Waals surface area contributed by atoms with Gasteiger partial charge in [-0.3, -0.25) is 0 Å². The van der Waals surface area contributed by atoms with E-state index in [2.05, 4.69) is 0 Å². The van der Waals surface area contributed by atoms with Crippen LogP contribution in [-0.4, -0.2) is 35.2 Å². The molecule has 0 bridgehead atoms. The van der Waals surface area contributed by atoms with Gasteiger partial charge in [0.15, 0.2) is 0 Å². The Hall–Kier alpha value is -0.954. The zero-order valence-corrected chi connectivity index (χ0v) is 23.5. The molecule has 3 aliphatic carbocycles. The summed E-state index contributed by atoms with van der Waals surface area (Å²) in [5.41, 5.74) is 0. The van der Waals surface area contributed by atoms with E-state index in [9.17, 15) is 14.4 Å². The van der Waals surface area contributed by atoms with Gasteiger partial charge in [0.1, 0.15) is 0 Å². The second-order valence-electron chi connectivity index (χ2n) is 10.7. The van der Waals surface area contributed by atoms with Crippen LogP contribution >= 0.6 is 0 Å². The molecule has 0 aliphatic heterocycles. The van der Waals surface area contributed by atoms with Crippen molar-refractivity contribution in [2.45, 2.75) is 135 Å². The van der Waals surface area contributed by atoms with Crippen molar-refractivity contribution in [1.29, 1.82) is 0 Å². The molecular formula is C27H45GaO6. The molecule has 3 fully saturated rings. The predicted molar refractivity (Wildman–Crippen MR) is 131 cm³/mol. The first kappa shape index (κ1) is 27.6. The molecule has 0 saturated heterocycles. The molecule has 0 unspecified atom stereocenters. The molecule has 0 spiro atoms. The molecule has 0 aromatic carbocycles. The zero-order chi connectivity index (χ0) is 24.0. The van der Waals surface area contributed by atoms with E-state index >= 15 is 0 Å². The van der Waals surface area contributed by atoms with E-state index in [0.717, 1.165) is 116 Å². The molecule has 0 atom stereocenters. The number of carbonyl (C=O) groups excluding carboxylic acids is 3. The van der Waals surface area contributed by atoms with Gasteiger partial charge in [0, 0.05) is 0 Å². The van der Waals surface area contributed by atoms with E-state index in [1.165, 1.54) is 19.3 Å². The Labute approximate surface area is 212 Å². The normalized spacial score (nSPS) is 22.6. The van der Waals surface area contributed by atoms with E-state index in [0.29, 0.717) is 0 Å². The van der Waals surface area contributed by atoms with Crippen LogP contribution in [0.2, 0.25) is 0 Å². The van der Waals surface area contributed by atoms with Crippen LogP contribution in [0.25, 0.3) is 0 Å². The van der Waals surface area contributed by atoms with Crippen molar-refractivity contribution in [2.75, 3.05) is 0 Å². The van der Waals surface area contributed by atoms with Gasteiger partial charge < -0.3 is 0 Å². The zero-order valence-electron chi connectivity index (χ0n) is 21.1. The van der Waals surface area contributed by atoms with Crippen LogP contribution < -0.4 is 0 Å². The molecule has 6 nitrogen and oxygen atoms in total. The summed E-state index contributed by atoms with van der Waals surface area (Å²) in [6, 6.07) is 0. The summed E-state index contributed by atoms with van der Waals surface area (Å²) in [4.78, 5) is 39.1. The Bertz CT molecular complexity index is 529. The number of carbonyl (C=O) groups is 3. The topological polar surface area (TPSA) is 78.9 Å². The number of hydrogen-bond donors (Lipinski definition) is 0. The Morgan fingerprint density at radius 3 is 0.824 bits per heavy atom. The van der Waals surface area contributed by atoms with Crippen molar-refractivity contribution in [3.8, 4) is 0 Å². The van der Waals surface area contributed by atoms with E-state index in [1.54, 1.807) is 0 Å². The van der Waals surface area contributed by atoms with E-state index in [1.807, 2.05) is 0 Å². The van der Waals surface area contributed by atoms with Gasteiger partial charge in [-0.15, -0.1) is 0 Å². The maximum absolute atomic E-state index is 13.0.